The number of nitrogens with one attached hydrogen (secondary N) is 1. The first-order chi connectivity index (χ1) is 14.0. The first-order valence-electron chi connectivity index (χ1n) is 10.2. The molecule has 156 valence electrons. The van der Waals surface area contributed by atoms with Crippen molar-refractivity contribution in [2.24, 2.45) is 0 Å². The zero-order valence-corrected chi connectivity index (χ0v) is 17.1. The molecule has 1 N–H and O–H groups in total. The number of hydrogen-bond acceptors (Lipinski definition) is 5. The summed E-state index contributed by atoms with van der Waals surface area (Å²) >= 11 is 0. The molecule has 2 heterocycles. The van der Waals surface area contributed by atoms with Crippen LogP contribution in [0.4, 0.5) is 0 Å². The van der Waals surface area contributed by atoms with E-state index in [1.807, 2.05) is 30.9 Å². The third-order valence-corrected chi connectivity index (χ3v) is 5.41. The lowest BCUT2D eigenvalue weighted by Crippen LogP contribution is -2.51. The second-order valence-corrected chi connectivity index (χ2v) is 7.54. The summed E-state index contributed by atoms with van der Waals surface area (Å²) in [6.07, 6.45) is 2.67. The van der Waals surface area contributed by atoms with Crippen LogP contribution in [0, 0.1) is 0 Å². The molecule has 1 saturated heterocycles. The van der Waals surface area contributed by atoms with E-state index in [4.69, 9.17) is 0 Å². The van der Waals surface area contributed by atoms with Crippen molar-refractivity contribution >= 4 is 22.7 Å². The first kappa shape index (κ1) is 21.0. The monoisotopic (exact) mass is 399 g/mol. The average molecular weight is 399 g/mol. The van der Waals surface area contributed by atoms with Crippen molar-refractivity contribution in [3.63, 3.8) is 0 Å². The van der Waals surface area contributed by atoms with Crippen molar-refractivity contribution in [1.82, 2.24) is 24.7 Å². The summed E-state index contributed by atoms with van der Waals surface area (Å²) in [5.41, 5.74) is 0.536. The van der Waals surface area contributed by atoms with Crippen molar-refractivity contribution in [2.45, 2.75) is 39.3 Å². The lowest BCUT2D eigenvalue weighted by atomic mass is 10.2. The van der Waals surface area contributed by atoms with Crippen LogP contribution in [0.1, 0.15) is 26.7 Å². The molecule has 1 aliphatic heterocycles. The van der Waals surface area contributed by atoms with E-state index in [1.165, 1.54) is 10.9 Å². The predicted octanol–water partition coefficient (Wildman–Crippen LogP) is 0.846. The smallest absolute Gasteiger partial charge is 0.261 e. The van der Waals surface area contributed by atoms with Crippen molar-refractivity contribution in [3.05, 3.63) is 40.9 Å². The van der Waals surface area contributed by atoms with Crippen molar-refractivity contribution in [2.75, 3.05) is 32.7 Å². The molecule has 29 heavy (non-hydrogen) atoms. The fourth-order valence-corrected chi connectivity index (χ4v) is 3.42. The minimum absolute atomic E-state index is 0.0220. The highest BCUT2D eigenvalue weighted by Crippen LogP contribution is 2.07. The Hall–Kier alpha value is -2.74. The Balaban J connectivity index is 1.47. The first-order valence-corrected chi connectivity index (χ1v) is 10.2. The van der Waals surface area contributed by atoms with Crippen molar-refractivity contribution < 1.29 is 9.59 Å². The van der Waals surface area contributed by atoms with Crippen molar-refractivity contribution in [1.29, 1.82) is 0 Å². The molecule has 2 amide bonds. The molecule has 1 atom stereocenters. The molecule has 2 aromatic rings. The van der Waals surface area contributed by atoms with E-state index in [1.54, 1.807) is 12.1 Å². The van der Waals surface area contributed by atoms with Gasteiger partial charge in [-0.05, 0) is 25.5 Å². The highest BCUT2D eigenvalue weighted by atomic mass is 16.2. The van der Waals surface area contributed by atoms with E-state index in [0.717, 1.165) is 6.42 Å². The SMILES string of the molecule is CCC(C)NC(=O)CN1CCN(C(=O)CCn2cnc3ccccc3c2=O)CC1. The lowest BCUT2D eigenvalue weighted by molar-refractivity contribution is -0.133. The maximum absolute atomic E-state index is 12.6. The number of aryl methyl sites for hydroxylation is 1. The number of para-hydroxylation sites is 1. The van der Waals surface area contributed by atoms with Crippen LogP contribution >= 0.6 is 0 Å². The Kier molecular flexibility index (Phi) is 6.98. The number of fused-ring (bicyclic) bond motifs is 1. The van der Waals surface area contributed by atoms with Crippen LogP contribution in [0.5, 0.6) is 0 Å². The second-order valence-electron chi connectivity index (χ2n) is 7.54. The molecule has 0 spiro atoms. The zero-order chi connectivity index (χ0) is 20.8. The van der Waals surface area contributed by atoms with E-state index >= 15 is 0 Å². The van der Waals surface area contributed by atoms with E-state index in [2.05, 4.69) is 15.2 Å². The summed E-state index contributed by atoms with van der Waals surface area (Å²) < 4.78 is 1.50. The van der Waals surface area contributed by atoms with Gasteiger partial charge < -0.3 is 10.2 Å². The third-order valence-electron chi connectivity index (χ3n) is 5.41. The van der Waals surface area contributed by atoms with Crippen LogP contribution in [0.15, 0.2) is 35.4 Å². The Morgan fingerprint density at radius 1 is 1.17 bits per heavy atom. The number of nitrogens with zero attached hydrogens (tertiary/aromatic N) is 4. The molecule has 3 rings (SSSR count). The maximum atomic E-state index is 12.6. The van der Waals surface area contributed by atoms with E-state index in [0.29, 0.717) is 50.2 Å². The van der Waals surface area contributed by atoms with Gasteiger partial charge in [-0.25, -0.2) is 4.98 Å². The van der Waals surface area contributed by atoms with Gasteiger partial charge in [0.15, 0.2) is 0 Å². The summed E-state index contributed by atoms with van der Waals surface area (Å²) in [7, 11) is 0. The Labute approximate surface area is 170 Å². The van der Waals surface area contributed by atoms with Crippen molar-refractivity contribution in [3.8, 4) is 0 Å². The predicted molar refractivity (Wildman–Crippen MR) is 112 cm³/mol. The van der Waals surface area contributed by atoms with E-state index in [9.17, 15) is 14.4 Å². The standard InChI is InChI=1S/C21H29N5O3/c1-3-16(2)23-19(27)14-24-10-12-25(13-11-24)20(28)8-9-26-15-22-18-7-5-4-6-17(18)21(26)29/h4-7,15-16H,3,8-14H2,1-2H3,(H,23,27). The van der Waals surface area contributed by atoms with Crippen LogP contribution in [0.25, 0.3) is 10.9 Å². The summed E-state index contributed by atoms with van der Waals surface area (Å²) in [6, 6.07) is 7.38. The molecule has 8 nitrogen and oxygen atoms in total. The molecule has 1 fully saturated rings. The average Bonchev–Trinajstić information content (AvgIpc) is 2.73. The highest BCUT2D eigenvalue weighted by Gasteiger charge is 2.22. The van der Waals surface area contributed by atoms with Gasteiger partial charge in [-0.3, -0.25) is 23.9 Å². The number of amides is 2. The van der Waals surface area contributed by atoms with Gasteiger partial charge in [-0.15, -0.1) is 0 Å². The fraction of sp³-hybridized carbons (Fsp3) is 0.524. The molecule has 1 aromatic heterocycles. The Morgan fingerprint density at radius 2 is 1.90 bits per heavy atom. The van der Waals surface area contributed by atoms with Crippen LogP contribution in [0.3, 0.4) is 0 Å². The largest absolute Gasteiger partial charge is 0.353 e. The van der Waals surface area contributed by atoms with E-state index < -0.39 is 0 Å². The lowest BCUT2D eigenvalue weighted by Gasteiger charge is -2.34. The molecule has 8 heteroatoms. The van der Waals surface area contributed by atoms with Gasteiger partial charge >= 0.3 is 0 Å². The number of rotatable bonds is 7. The number of piperazine rings is 1. The minimum atomic E-state index is -0.125. The number of carbonyl (C=O) groups excluding carboxylic acids is 2. The third kappa shape index (κ3) is 5.41. The summed E-state index contributed by atoms with van der Waals surface area (Å²) in [5.74, 6) is 0.0519. The minimum Gasteiger partial charge on any atom is -0.353 e. The maximum Gasteiger partial charge on any atom is 0.261 e. The van der Waals surface area contributed by atoms with Gasteiger partial charge in [0, 0.05) is 45.2 Å². The summed E-state index contributed by atoms with van der Waals surface area (Å²) in [4.78, 5) is 45.2. The topological polar surface area (TPSA) is 87.5 Å². The number of aromatic nitrogens is 2. The van der Waals surface area contributed by atoms with Gasteiger partial charge in [-0.2, -0.15) is 0 Å². The number of hydrogen-bond donors (Lipinski definition) is 1. The molecule has 0 aliphatic carbocycles. The Morgan fingerprint density at radius 3 is 2.62 bits per heavy atom. The molecule has 1 aromatic carbocycles. The van der Waals surface area contributed by atoms with Gasteiger partial charge in [-0.1, -0.05) is 19.1 Å². The summed E-state index contributed by atoms with van der Waals surface area (Å²) in [5, 5.41) is 3.53. The molecule has 0 radical (unpaired) electrons. The highest BCUT2D eigenvalue weighted by molar-refractivity contribution is 5.79. The fourth-order valence-electron chi connectivity index (χ4n) is 3.42. The number of benzene rings is 1. The van der Waals surface area contributed by atoms with Gasteiger partial charge in [0.05, 0.1) is 23.8 Å². The quantitative estimate of drug-likeness (QED) is 0.746. The van der Waals surface area contributed by atoms with Crippen LogP contribution in [-0.4, -0.2) is 69.9 Å². The van der Waals surface area contributed by atoms with Crippen LogP contribution in [0.2, 0.25) is 0 Å². The van der Waals surface area contributed by atoms with Gasteiger partial charge in [0.2, 0.25) is 11.8 Å². The molecule has 0 saturated carbocycles. The molecular weight excluding hydrogens is 370 g/mol. The normalized spacial score (nSPS) is 16.0. The molecular formula is C21H29N5O3. The molecule has 1 aliphatic rings. The second kappa shape index (κ2) is 9.65. The number of carbonyl (C=O) groups is 2. The van der Waals surface area contributed by atoms with E-state index in [-0.39, 0.29) is 29.8 Å². The van der Waals surface area contributed by atoms with Gasteiger partial charge in [0.1, 0.15) is 0 Å². The molecule has 0 bridgehead atoms. The Bertz CT molecular complexity index is 918. The molecule has 1 unspecified atom stereocenters. The summed E-state index contributed by atoms with van der Waals surface area (Å²) in [6.45, 7) is 7.26. The van der Waals surface area contributed by atoms with Crippen LogP contribution in [-0.2, 0) is 16.1 Å². The van der Waals surface area contributed by atoms with Crippen LogP contribution < -0.4 is 10.9 Å². The zero-order valence-electron chi connectivity index (χ0n) is 17.1. The van der Waals surface area contributed by atoms with Gasteiger partial charge in [0.25, 0.3) is 5.56 Å².